The molecule has 0 aliphatic rings. The van der Waals surface area contributed by atoms with Gasteiger partial charge in [0.2, 0.25) is 0 Å². The molecule has 0 radical (unpaired) electrons. The fourth-order valence-electron chi connectivity index (χ4n) is 3.95. The van der Waals surface area contributed by atoms with Gasteiger partial charge in [-0.25, -0.2) is 13.2 Å². The van der Waals surface area contributed by atoms with Crippen LogP contribution in [-0.2, 0) is 10.0 Å². The van der Waals surface area contributed by atoms with Crippen molar-refractivity contribution in [2.75, 3.05) is 15.4 Å². The number of anilines is 3. The van der Waals surface area contributed by atoms with Crippen LogP contribution in [0.2, 0.25) is 0 Å². The summed E-state index contributed by atoms with van der Waals surface area (Å²) in [6, 6.07) is 17.0. The molecule has 0 aliphatic heterocycles. The fourth-order valence-corrected chi connectivity index (χ4v) is 5.39. The highest BCUT2D eigenvalue weighted by Gasteiger charge is 2.17. The Hall–Kier alpha value is -3.69. The van der Waals surface area contributed by atoms with E-state index >= 15 is 0 Å². The maximum atomic E-state index is 12.9. The molecule has 0 aliphatic carbocycles. The van der Waals surface area contributed by atoms with Crippen molar-refractivity contribution in [2.45, 2.75) is 32.6 Å². The zero-order chi connectivity index (χ0) is 25.3. The Bertz CT molecular complexity index is 1590. The Labute approximate surface area is 209 Å². The Kier molecular flexibility index (Phi) is 6.64. The lowest BCUT2D eigenvalue weighted by atomic mass is 10.1. The molecule has 0 saturated heterocycles. The third-order valence-electron chi connectivity index (χ3n) is 5.55. The molecule has 180 valence electrons. The van der Waals surface area contributed by atoms with E-state index in [9.17, 15) is 13.2 Å². The lowest BCUT2D eigenvalue weighted by Gasteiger charge is -2.15. The van der Waals surface area contributed by atoms with Crippen LogP contribution >= 0.6 is 12.2 Å². The summed E-state index contributed by atoms with van der Waals surface area (Å²) < 4.78 is 33.8. The second-order valence-electron chi connectivity index (χ2n) is 8.44. The van der Waals surface area contributed by atoms with E-state index in [1.54, 1.807) is 18.2 Å². The molecule has 35 heavy (non-hydrogen) atoms. The van der Waals surface area contributed by atoms with Gasteiger partial charge in [-0.05, 0) is 93.0 Å². The molecule has 7 nitrogen and oxygen atoms in total. The van der Waals surface area contributed by atoms with Crippen molar-refractivity contribution in [3.63, 3.8) is 0 Å². The van der Waals surface area contributed by atoms with E-state index in [0.29, 0.717) is 27.8 Å². The Balaban J connectivity index is 1.46. The normalized spacial score (nSPS) is 11.3. The predicted octanol–water partition coefficient (Wildman–Crippen LogP) is 5.64. The quantitative estimate of drug-likeness (QED) is 0.238. The van der Waals surface area contributed by atoms with E-state index in [2.05, 4.69) is 15.4 Å². The lowest BCUT2D eigenvalue weighted by molar-refractivity contribution is 0.560. The largest absolute Gasteiger partial charge is 0.423 e. The highest BCUT2D eigenvalue weighted by Crippen LogP contribution is 2.26. The number of fused-ring (bicyclic) bond motifs is 1. The second-order valence-corrected chi connectivity index (χ2v) is 10.5. The molecule has 3 N–H and O–H groups in total. The molecular weight excluding hydrogens is 482 g/mol. The summed E-state index contributed by atoms with van der Waals surface area (Å²) in [5, 5.41) is 7.22. The average molecular weight is 508 g/mol. The van der Waals surface area contributed by atoms with Gasteiger partial charge in [-0.15, -0.1) is 0 Å². The van der Waals surface area contributed by atoms with E-state index < -0.39 is 15.6 Å². The Morgan fingerprint density at radius 1 is 0.800 bits per heavy atom. The summed E-state index contributed by atoms with van der Waals surface area (Å²) in [6.07, 6.45) is 0. The van der Waals surface area contributed by atoms with Gasteiger partial charge in [-0.2, -0.15) is 0 Å². The molecule has 4 rings (SSSR count). The molecular formula is C26H25N3O4S2. The Morgan fingerprint density at radius 3 is 2.06 bits per heavy atom. The average Bonchev–Trinajstić information content (AvgIpc) is 2.76. The van der Waals surface area contributed by atoms with Gasteiger partial charge in [0.05, 0.1) is 10.6 Å². The third kappa shape index (κ3) is 5.52. The number of hydrogen-bond acceptors (Lipinski definition) is 5. The van der Waals surface area contributed by atoms with E-state index in [1.807, 2.05) is 52.0 Å². The first kappa shape index (κ1) is 24.4. The van der Waals surface area contributed by atoms with Crippen molar-refractivity contribution in [3.8, 4) is 0 Å². The third-order valence-corrected chi connectivity index (χ3v) is 7.11. The molecule has 0 amide bonds. The molecule has 3 aromatic carbocycles. The van der Waals surface area contributed by atoms with Gasteiger partial charge in [-0.3, -0.25) is 4.72 Å². The number of nitrogens with one attached hydrogen (secondary N) is 3. The Morgan fingerprint density at radius 2 is 1.40 bits per heavy atom. The molecule has 0 unspecified atom stereocenters. The van der Waals surface area contributed by atoms with E-state index in [0.717, 1.165) is 27.6 Å². The smallest absolute Gasteiger partial charge is 0.336 e. The number of hydrogen-bond donors (Lipinski definition) is 3. The van der Waals surface area contributed by atoms with Gasteiger partial charge in [0.15, 0.2) is 5.11 Å². The van der Waals surface area contributed by atoms with E-state index in [4.69, 9.17) is 16.6 Å². The standard InChI is InChI=1S/C26H25N3O4S2/c1-15-11-17(3)25(18(4)12-15)29-35(31,32)21-8-5-19(6-9-21)27-26(34)28-20-7-10-22-16(2)13-24(30)33-23(22)14-20/h5-14,29H,1-4H3,(H2,27,28,34). The van der Waals surface area contributed by atoms with Gasteiger partial charge in [0.1, 0.15) is 5.58 Å². The lowest BCUT2D eigenvalue weighted by Crippen LogP contribution is -2.19. The first-order chi connectivity index (χ1) is 16.5. The molecule has 0 saturated carbocycles. The molecule has 1 aromatic heterocycles. The van der Waals surface area contributed by atoms with Gasteiger partial charge < -0.3 is 15.1 Å². The summed E-state index contributed by atoms with van der Waals surface area (Å²) in [4.78, 5) is 11.8. The monoisotopic (exact) mass is 507 g/mol. The van der Waals surface area contributed by atoms with Crippen LogP contribution in [0.5, 0.6) is 0 Å². The van der Waals surface area contributed by atoms with Gasteiger partial charge in [0.25, 0.3) is 10.0 Å². The van der Waals surface area contributed by atoms with Crippen LogP contribution in [0.4, 0.5) is 17.1 Å². The van der Waals surface area contributed by atoms with Crippen molar-refractivity contribution in [2.24, 2.45) is 0 Å². The van der Waals surface area contributed by atoms with Crippen LogP contribution in [0, 0.1) is 27.7 Å². The maximum absolute atomic E-state index is 12.9. The summed E-state index contributed by atoms with van der Waals surface area (Å²) in [5.41, 5.74) is 5.54. The van der Waals surface area contributed by atoms with Gasteiger partial charge in [0, 0.05) is 28.9 Å². The maximum Gasteiger partial charge on any atom is 0.336 e. The van der Waals surface area contributed by atoms with Crippen LogP contribution < -0.4 is 21.0 Å². The van der Waals surface area contributed by atoms with Crippen molar-refractivity contribution < 1.29 is 12.8 Å². The van der Waals surface area contributed by atoms with Gasteiger partial charge in [-0.1, -0.05) is 17.7 Å². The zero-order valence-electron chi connectivity index (χ0n) is 19.7. The van der Waals surface area contributed by atoms with Crippen LogP contribution in [0.15, 0.2) is 74.8 Å². The first-order valence-electron chi connectivity index (χ1n) is 10.8. The van der Waals surface area contributed by atoms with Crippen LogP contribution in [0.3, 0.4) is 0 Å². The van der Waals surface area contributed by atoms with Crippen molar-refractivity contribution in [3.05, 3.63) is 93.3 Å². The number of sulfonamides is 1. The zero-order valence-corrected chi connectivity index (χ0v) is 21.4. The molecule has 9 heteroatoms. The number of aryl methyl sites for hydroxylation is 4. The molecule has 0 fully saturated rings. The van der Waals surface area contributed by atoms with Crippen molar-refractivity contribution in [1.29, 1.82) is 0 Å². The number of benzene rings is 3. The minimum atomic E-state index is -3.76. The molecule has 0 spiro atoms. The van der Waals surface area contributed by atoms with Gasteiger partial charge >= 0.3 is 5.63 Å². The second kappa shape index (κ2) is 9.52. The van der Waals surface area contributed by atoms with E-state index in [-0.39, 0.29) is 4.90 Å². The SMILES string of the molecule is Cc1cc(C)c(NS(=O)(=O)c2ccc(NC(=S)Nc3ccc4c(C)cc(=O)oc4c3)cc2)c(C)c1. The number of rotatable bonds is 5. The van der Waals surface area contributed by atoms with Crippen molar-refractivity contribution >= 4 is 55.4 Å². The minimum Gasteiger partial charge on any atom is -0.423 e. The summed E-state index contributed by atoms with van der Waals surface area (Å²) in [5.74, 6) is 0. The topological polar surface area (TPSA) is 100 Å². The van der Waals surface area contributed by atoms with Crippen molar-refractivity contribution in [1.82, 2.24) is 0 Å². The van der Waals surface area contributed by atoms with Crippen LogP contribution in [0.25, 0.3) is 11.0 Å². The molecule has 0 bridgehead atoms. The predicted molar refractivity (Wildman–Crippen MR) is 145 cm³/mol. The van der Waals surface area contributed by atoms with E-state index in [1.165, 1.54) is 18.2 Å². The molecule has 0 atom stereocenters. The molecule has 1 heterocycles. The van der Waals surface area contributed by atoms with Crippen LogP contribution in [-0.4, -0.2) is 13.5 Å². The highest BCUT2D eigenvalue weighted by atomic mass is 32.2. The molecule has 4 aromatic rings. The summed E-state index contributed by atoms with van der Waals surface area (Å²) in [7, 11) is -3.76. The summed E-state index contributed by atoms with van der Waals surface area (Å²) >= 11 is 5.38. The minimum absolute atomic E-state index is 0.140. The van der Waals surface area contributed by atoms with Crippen LogP contribution in [0.1, 0.15) is 22.3 Å². The highest BCUT2D eigenvalue weighted by molar-refractivity contribution is 7.92. The first-order valence-corrected chi connectivity index (χ1v) is 12.7. The number of thiocarbonyl (C=S) groups is 1. The fraction of sp³-hybridized carbons (Fsp3) is 0.154. The summed E-state index contributed by atoms with van der Waals surface area (Å²) in [6.45, 7) is 7.58.